The van der Waals surface area contributed by atoms with E-state index in [0.29, 0.717) is 0 Å². The van der Waals surface area contributed by atoms with Crippen LogP contribution in [-0.4, -0.2) is 5.78 Å². The third-order valence-corrected chi connectivity index (χ3v) is 3.87. The number of hydrogen-bond acceptors (Lipinski definition) is 1. The normalized spacial score (nSPS) is 12.6. The molecule has 0 heterocycles. The number of halogens is 2. The summed E-state index contributed by atoms with van der Waals surface area (Å²) in [6, 6.07) is 5.83. The molecule has 0 aliphatic heterocycles. The van der Waals surface area contributed by atoms with Gasteiger partial charge in [-0.2, -0.15) is 0 Å². The van der Waals surface area contributed by atoms with Crippen LogP contribution in [-0.2, 0) is 4.79 Å². The largest absolute Gasteiger partial charge is 0.298 e. The second-order valence-corrected chi connectivity index (χ2v) is 4.47. The van der Waals surface area contributed by atoms with Crippen LogP contribution in [0.1, 0.15) is 23.4 Å². The predicted octanol–water partition coefficient (Wildman–Crippen LogP) is 3.47. The second kappa shape index (κ2) is 4.42. The molecule has 0 saturated carbocycles. The quantitative estimate of drug-likeness (QED) is 0.604. The van der Waals surface area contributed by atoms with E-state index in [2.05, 4.69) is 22.6 Å². The third-order valence-electron chi connectivity index (χ3n) is 1.85. The highest BCUT2D eigenvalue weighted by molar-refractivity contribution is 14.1. The summed E-state index contributed by atoms with van der Waals surface area (Å²) < 4.78 is 1.08. The lowest BCUT2D eigenvalue weighted by Gasteiger charge is -2.09. The third kappa shape index (κ3) is 2.44. The Labute approximate surface area is 96.6 Å². The molecule has 1 aromatic rings. The van der Waals surface area contributed by atoms with Gasteiger partial charge in [0.15, 0.2) is 5.78 Å². The Morgan fingerprint density at radius 3 is 2.69 bits per heavy atom. The van der Waals surface area contributed by atoms with Crippen molar-refractivity contribution in [1.82, 2.24) is 0 Å². The van der Waals surface area contributed by atoms with Gasteiger partial charge in [-0.05, 0) is 47.6 Å². The highest BCUT2D eigenvalue weighted by atomic mass is 127. The fourth-order valence-corrected chi connectivity index (χ4v) is 2.12. The van der Waals surface area contributed by atoms with Crippen molar-refractivity contribution in [3.63, 3.8) is 0 Å². The van der Waals surface area contributed by atoms with Gasteiger partial charge in [-0.15, -0.1) is 11.6 Å². The molecule has 0 N–H and O–H groups in total. The van der Waals surface area contributed by atoms with Crippen LogP contribution >= 0.6 is 34.2 Å². The van der Waals surface area contributed by atoms with E-state index >= 15 is 0 Å². The van der Waals surface area contributed by atoms with Crippen LogP contribution < -0.4 is 0 Å². The van der Waals surface area contributed by atoms with Gasteiger partial charge in [-0.25, -0.2) is 0 Å². The Bertz CT molecular complexity index is 336. The summed E-state index contributed by atoms with van der Waals surface area (Å²) in [7, 11) is 0. The number of aryl methyl sites for hydroxylation is 1. The molecule has 0 saturated heterocycles. The standard InChI is InChI=1S/C10H10ClIO/c1-6-4-3-5-8(10(6)12)9(11)7(2)13/h3-5,9H,1-2H3. The van der Waals surface area contributed by atoms with Crippen molar-refractivity contribution in [3.8, 4) is 0 Å². The first-order valence-electron chi connectivity index (χ1n) is 3.93. The van der Waals surface area contributed by atoms with Crippen LogP contribution in [0.15, 0.2) is 18.2 Å². The number of Topliss-reactive ketones (excluding diaryl/α,β-unsaturated/α-hetero) is 1. The smallest absolute Gasteiger partial charge is 0.152 e. The van der Waals surface area contributed by atoms with Gasteiger partial charge in [0.2, 0.25) is 0 Å². The Morgan fingerprint density at radius 2 is 2.15 bits per heavy atom. The minimum absolute atomic E-state index is 0.00909. The van der Waals surface area contributed by atoms with Crippen LogP contribution in [0.2, 0.25) is 0 Å². The monoisotopic (exact) mass is 308 g/mol. The zero-order valence-electron chi connectivity index (χ0n) is 7.47. The molecule has 1 aromatic carbocycles. The van der Waals surface area contributed by atoms with E-state index in [-0.39, 0.29) is 5.78 Å². The highest BCUT2D eigenvalue weighted by Gasteiger charge is 2.16. The SMILES string of the molecule is CC(=O)C(Cl)c1cccc(C)c1I. The first-order chi connectivity index (χ1) is 6.04. The molecule has 0 aliphatic rings. The van der Waals surface area contributed by atoms with E-state index < -0.39 is 5.38 Å². The van der Waals surface area contributed by atoms with Crippen molar-refractivity contribution in [2.75, 3.05) is 0 Å². The minimum atomic E-state index is -0.508. The number of carbonyl (C=O) groups is 1. The number of alkyl halides is 1. The van der Waals surface area contributed by atoms with E-state index in [1.807, 2.05) is 25.1 Å². The van der Waals surface area contributed by atoms with Crippen LogP contribution in [0.5, 0.6) is 0 Å². The zero-order chi connectivity index (χ0) is 10.0. The summed E-state index contributed by atoms with van der Waals surface area (Å²) in [6.45, 7) is 3.52. The van der Waals surface area contributed by atoms with Crippen molar-refractivity contribution in [3.05, 3.63) is 32.9 Å². The van der Waals surface area contributed by atoms with E-state index in [0.717, 1.165) is 14.7 Å². The Hall–Kier alpha value is -0.0900. The summed E-state index contributed by atoms with van der Waals surface area (Å²) in [6.07, 6.45) is 0. The molecule has 13 heavy (non-hydrogen) atoms. The molecule has 0 aliphatic carbocycles. The zero-order valence-corrected chi connectivity index (χ0v) is 10.4. The summed E-state index contributed by atoms with van der Waals surface area (Å²) in [5.41, 5.74) is 2.07. The summed E-state index contributed by atoms with van der Waals surface area (Å²) in [4.78, 5) is 11.1. The number of benzene rings is 1. The molecule has 1 atom stereocenters. The Kier molecular flexibility index (Phi) is 3.74. The summed E-state index contributed by atoms with van der Waals surface area (Å²) >= 11 is 8.18. The number of hydrogen-bond donors (Lipinski definition) is 0. The molecule has 0 fully saturated rings. The molecule has 0 radical (unpaired) electrons. The number of rotatable bonds is 2. The molecule has 1 unspecified atom stereocenters. The molecular weight excluding hydrogens is 298 g/mol. The maximum atomic E-state index is 11.1. The topological polar surface area (TPSA) is 17.1 Å². The fourth-order valence-electron chi connectivity index (χ4n) is 1.08. The van der Waals surface area contributed by atoms with E-state index in [1.54, 1.807) is 0 Å². The first kappa shape index (κ1) is 11.0. The van der Waals surface area contributed by atoms with E-state index in [4.69, 9.17) is 11.6 Å². The van der Waals surface area contributed by atoms with E-state index in [1.165, 1.54) is 6.92 Å². The molecule has 3 heteroatoms. The Balaban J connectivity index is 3.15. The van der Waals surface area contributed by atoms with Gasteiger partial charge in [0.25, 0.3) is 0 Å². The first-order valence-corrected chi connectivity index (χ1v) is 5.45. The second-order valence-electron chi connectivity index (χ2n) is 2.95. The summed E-state index contributed by atoms with van der Waals surface area (Å²) in [5.74, 6) is -0.00909. The predicted molar refractivity (Wildman–Crippen MR) is 63.2 cm³/mol. The number of ketones is 1. The molecule has 0 spiro atoms. The number of carbonyl (C=O) groups excluding carboxylic acids is 1. The molecular formula is C10H10ClIO. The molecule has 1 rings (SSSR count). The summed E-state index contributed by atoms with van der Waals surface area (Å²) in [5, 5.41) is -0.508. The molecule has 0 amide bonds. The van der Waals surface area contributed by atoms with Gasteiger partial charge in [-0.1, -0.05) is 18.2 Å². The van der Waals surface area contributed by atoms with Crippen LogP contribution in [0.3, 0.4) is 0 Å². The van der Waals surface area contributed by atoms with Gasteiger partial charge in [0.1, 0.15) is 5.38 Å². The molecule has 70 valence electrons. The molecule has 0 bridgehead atoms. The maximum absolute atomic E-state index is 11.1. The van der Waals surface area contributed by atoms with Crippen molar-refractivity contribution in [2.45, 2.75) is 19.2 Å². The Morgan fingerprint density at radius 1 is 1.54 bits per heavy atom. The lowest BCUT2D eigenvalue weighted by molar-refractivity contribution is -0.116. The van der Waals surface area contributed by atoms with Crippen molar-refractivity contribution < 1.29 is 4.79 Å². The van der Waals surface area contributed by atoms with Crippen LogP contribution in [0.25, 0.3) is 0 Å². The maximum Gasteiger partial charge on any atom is 0.152 e. The van der Waals surface area contributed by atoms with Gasteiger partial charge < -0.3 is 0 Å². The average Bonchev–Trinajstić information content (AvgIpc) is 2.08. The van der Waals surface area contributed by atoms with Crippen molar-refractivity contribution in [1.29, 1.82) is 0 Å². The van der Waals surface area contributed by atoms with Gasteiger partial charge in [-0.3, -0.25) is 4.79 Å². The van der Waals surface area contributed by atoms with Crippen molar-refractivity contribution in [2.24, 2.45) is 0 Å². The van der Waals surface area contributed by atoms with Crippen LogP contribution in [0, 0.1) is 10.5 Å². The van der Waals surface area contributed by atoms with Gasteiger partial charge >= 0.3 is 0 Å². The van der Waals surface area contributed by atoms with Crippen LogP contribution in [0.4, 0.5) is 0 Å². The van der Waals surface area contributed by atoms with E-state index in [9.17, 15) is 4.79 Å². The minimum Gasteiger partial charge on any atom is -0.298 e. The molecule has 0 aromatic heterocycles. The van der Waals surface area contributed by atoms with Gasteiger partial charge in [0.05, 0.1) is 0 Å². The fraction of sp³-hybridized carbons (Fsp3) is 0.300. The van der Waals surface area contributed by atoms with Crippen molar-refractivity contribution >= 4 is 40.0 Å². The highest BCUT2D eigenvalue weighted by Crippen LogP contribution is 2.27. The lowest BCUT2D eigenvalue weighted by atomic mass is 10.1. The van der Waals surface area contributed by atoms with Gasteiger partial charge in [0, 0.05) is 3.57 Å². The lowest BCUT2D eigenvalue weighted by Crippen LogP contribution is -2.04. The molecule has 1 nitrogen and oxygen atoms in total. The average molecular weight is 309 g/mol.